The Morgan fingerprint density at radius 1 is 1.06 bits per heavy atom. The summed E-state index contributed by atoms with van der Waals surface area (Å²) in [5, 5.41) is 11.0. The Labute approximate surface area is 185 Å². The minimum atomic E-state index is -0.807. The van der Waals surface area contributed by atoms with E-state index in [0.717, 1.165) is 13.1 Å². The molecule has 0 saturated carbocycles. The predicted octanol–water partition coefficient (Wildman–Crippen LogP) is 2.59. The number of hydrogen-bond donors (Lipinski definition) is 1. The van der Waals surface area contributed by atoms with Gasteiger partial charge in [-0.05, 0) is 42.0 Å². The second-order valence-electron chi connectivity index (χ2n) is 7.73. The molecule has 2 saturated heterocycles. The maximum Gasteiger partial charge on any atom is 0.295 e. The topological polar surface area (TPSA) is 79.3 Å². The number of benzene rings is 2. The lowest BCUT2D eigenvalue weighted by atomic mass is 9.95. The largest absolute Gasteiger partial charge is 0.507 e. The first kappa shape index (κ1) is 22.0. The standard InChI is InChI=1S/C24H25FN2O5/c1-31-19-8-4-17(5-9-19)22(28)20-21(16-2-6-18(25)7-3-16)27(24(30)23(20)29)11-10-26-12-14-32-15-13-26/h2-9,21,28H,10-15H2,1H3/t21-/m1/s1. The molecule has 8 heteroatoms. The van der Waals surface area contributed by atoms with Crippen molar-refractivity contribution in [3.8, 4) is 5.75 Å². The molecule has 0 bridgehead atoms. The summed E-state index contributed by atoms with van der Waals surface area (Å²) in [6, 6.07) is 11.4. The van der Waals surface area contributed by atoms with Gasteiger partial charge in [0.1, 0.15) is 17.3 Å². The van der Waals surface area contributed by atoms with Gasteiger partial charge in [0.2, 0.25) is 0 Å². The van der Waals surface area contributed by atoms with E-state index in [0.29, 0.717) is 43.2 Å². The molecule has 168 valence electrons. The molecule has 2 heterocycles. The minimum Gasteiger partial charge on any atom is -0.507 e. The average molecular weight is 440 g/mol. The van der Waals surface area contributed by atoms with E-state index in [-0.39, 0.29) is 11.3 Å². The number of morpholine rings is 1. The predicted molar refractivity (Wildman–Crippen MR) is 116 cm³/mol. The summed E-state index contributed by atoms with van der Waals surface area (Å²) in [4.78, 5) is 29.6. The zero-order valence-electron chi connectivity index (χ0n) is 17.8. The van der Waals surface area contributed by atoms with E-state index >= 15 is 0 Å². The van der Waals surface area contributed by atoms with Crippen molar-refractivity contribution in [1.82, 2.24) is 9.80 Å². The Morgan fingerprint density at radius 2 is 1.72 bits per heavy atom. The normalized spacial score (nSPS) is 21.2. The summed E-state index contributed by atoms with van der Waals surface area (Å²) in [5.41, 5.74) is 0.945. The molecule has 2 fully saturated rings. The van der Waals surface area contributed by atoms with E-state index < -0.39 is 23.5 Å². The molecule has 2 aromatic rings. The van der Waals surface area contributed by atoms with Crippen LogP contribution in [0.1, 0.15) is 17.2 Å². The van der Waals surface area contributed by atoms with Gasteiger partial charge in [-0.15, -0.1) is 0 Å². The van der Waals surface area contributed by atoms with Crippen LogP contribution in [-0.2, 0) is 14.3 Å². The fourth-order valence-corrected chi connectivity index (χ4v) is 4.08. The van der Waals surface area contributed by atoms with Gasteiger partial charge in [-0.3, -0.25) is 14.5 Å². The number of likely N-dealkylation sites (tertiary alicyclic amines) is 1. The summed E-state index contributed by atoms with van der Waals surface area (Å²) in [5.74, 6) is -1.52. The van der Waals surface area contributed by atoms with Gasteiger partial charge in [0, 0.05) is 31.7 Å². The molecule has 32 heavy (non-hydrogen) atoms. The van der Waals surface area contributed by atoms with E-state index in [2.05, 4.69) is 4.90 Å². The number of ketones is 1. The molecule has 4 rings (SSSR count). The summed E-state index contributed by atoms with van der Waals surface area (Å²) >= 11 is 0. The summed E-state index contributed by atoms with van der Waals surface area (Å²) in [7, 11) is 1.53. The maximum absolute atomic E-state index is 13.6. The Kier molecular flexibility index (Phi) is 6.53. The van der Waals surface area contributed by atoms with E-state index in [9.17, 15) is 19.1 Å². The van der Waals surface area contributed by atoms with Crippen LogP contribution in [0.15, 0.2) is 54.1 Å². The van der Waals surface area contributed by atoms with Crippen LogP contribution in [0, 0.1) is 5.82 Å². The van der Waals surface area contributed by atoms with Crippen molar-refractivity contribution in [2.75, 3.05) is 46.5 Å². The molecule has 0 spiro atoms. The highest BCUT2D eigenvalue weighted by Crippen LogP contribution is 2.39. The van der Waals surface area contributed by atoms with Crippen molar-refractivity contribution in [2.24, 2.45) is 0 Å². The van der Waals surface area contributed by atoms with Gasteiger partial charge in [-0.2, -0.15) is 0 Å². The van der Waals surface area contributed by atoms with E-state index in [1.165, 1.54) is 36.3 Å². The van der Waals surface area contributed by atoms with Crippen LogP contribution in [-0.4, -0.2) is 73.1 Å². The Balaban J connectivity index is 1.71. The lowest BCUT2D eigenvalue weighted by Crippen LogP contribution is -2.42. The third-order valence-electron chi connectivity index (χ3n) is 5.85. The van der Waals surface area contributed by atoms with Gasteiger partial charge >= 0.3 is 0 Å². The molecule has 2 aromatic carbocycles. The smallest absolute Gasteiger partial charge is 0.295 e. The molecule has 2 aliphatic rings. The Hall–Kier alpha value is -3.23. The summed E-state index contributed by atoms with van der Waals surface area (Å²) in [6.07, 6.45) is 0. The fourth-order valence-electron chi connectivity index (χ4n) is 4.08. The lowest BCUT2D eigenvalue weighted by Gasteiger charge is -2.31. The molecule has 0 aliphatic carbocycles. The first-order valence-electron chi connectivity index (χ1n) is 10.5. The number of methoxy groups -OCH3 is 1. The molecule has 0 radical (unpaired) electrons. The van der Waals surface area contributed by atoms with Crippen LogP contribution in [0.25, 0.3) is 5.76 Å². The van der Waals surface area contributed by atoms with Crippen LogP contribution in [0.5, 0.6) is 5.75 Å². The number of carbonyl (C=O) groups is 2. The SMILES string of the molecule is COc1ccc(C(O)=C2C(=O)C(=O)N(CCN3CCOCC3)[C@@H]2c2ccc(F)cc2)cc1. The Bertz CT molecular complexity index is 1010. The maximum atomic E-state index is 13.6. The number of halogens is 1. The van der Waals surface area contributed by atoms with Crippen molar-refractivity contribution in [2.45, 2.75) is 6.04 Å². The zero-order valence-corrected chi connectivity index (χ0v) is 17.8. The molecule has 7 nitrogen and oxygen atoms in total. The summed E-state index contributed by atoms with van der Waals surface area (Å²) < 4.78 is 24.1. The molecular weight excluding hydrogens is 415 g/mol. The van der Waals surface area contributed by atoms with E-state index in [4.69, 9.17) is 9.47 Å². The number of aliphatic hydroxyl groups is 1. The molecule has 1 N–H and O–H groups in total. The first-order valence-corrected chi connectivity index (χ1v) is 10.5. The van der Waals surface area contributed by atoms with Gasteiger partial charge in [-0.25, -0.2) is 4.39 Å². The van der Waals surface area contributed by atoms with Crippen molar-refractivity contribution in [1.29, 1.82) is 0 Å². The van der Waals surface area contributed by atoms with Crippen molar-refractivity contribution in [3.63, 3.8) is 0 Å². The molecule has 0 unspecified atom stereocenters. The number of aliphatic hydroxyl groups excluding tert-OH is 1. The van der Waals surface area contributed by atoms with Crippen molar-refractivity contribution >= 4 is 17.4 Å². The lowest BCUT2D eigenvalue weighted by molar-refractivity contribution is -0.140. The first-order chi connectivity index (χ1) is 15.5. The number of carbonyl (C=O) groups excluding carboxylic acids is 2. The quantitative estimate of drug-likeness (QED) is 0.423. The Morgan fingerprint density at radius 3 is 2.34 bits per heavy atom. The van der Waals surface area contributed by atoms with Gasteiger partial charge in [-0.1, -0.05) is 12.1 Å². The highest BCUT2D eigenvalue weighted by Gasteiger charge is 2.46. The van der Waals surface area contributed by atoms with Crippen LogP contribution in [0.2, 0.25) is 0 Å². The highest BCUT2D eigenvalue weighted by molar-refractivity contribution is 6.46. The van der Waals surface area contributed by atoms with Crippen molar-refractivity contribution in [3.05, 3.63) is 71.0 Å². The fraction of sp³-hybridized carbons (Fsp3) is 0.333. The monoisotopic (exact) mass is 440 g/mol. The van der Waals surface area contributed by atoms with Crippen LogP contribution < -0.4 is 4.74 Å². The van der Waals surface area contributed by atoms with Gasteiger partial charge in [0.15, 0.2) is 0 Å². The molecule has 2 aliphatic heterocycles. The van der Waals surface area contributed by atoms with Gasteiger partial charge < -0.3 is 19.5 Å². The number of Topliss-reactive ketones (excluding diaryl/α,β-unsaturated/α-hetero) is 1. The van der Waals surface area contributed by atoms with Crippen LogP contribution in [0.4, 0.5) is 4.39 Å². The molecular formula is C24H25FN2O5. The highest BCUT2D eigenvalue weighted by atomic mass is 19.1. The average Bonchev–Trinajstić information content (AvgIpc) is 3.08. The van der Waals surface area contributed by atoms with E-state index in [1.807, 2.05) is 0 Å². The second-order valence-corrected chi connectivity index (χ2v) is 7.73. The van der Waals surface area contributed by atoms with Crippen molar-refractivity contribution < 1.29 is 28.6 Å². The molecule has 0 aromatic heterocycles. The third kappa shape index (κ3) is 4.37. The number of hydrogen-bond acceptors (Lipinski definition) is 6. The molecule has 1 amide bonds. The number of rotatable bonds is 6. The van der Waals surface area contributed by atoms with E-state index in [1.54, 1.807) is 24.3 Å². The summed E-state index contributed by atoms with van der Waals surface area (Å²) in [6.45, 7) is 3.60. The zero-order chi connectivity index (χ0) is 22.7. The van der Waals surface area contributed by atoms with Gasteiger partial charge in [0.25, 0.3) is 11.7 Å². The number of amides is 1. The van der Waals surface area contributed by atoms with Crippen LogP contribution >= 0.6 is 0 Å². The molecule has 1 atom stereocenters. The minimum absolute atomic E-state index is 0.00578. The van der Waals surface area contributed by atoms with Crippen LogP contribution in [0.3, 0.4) is 0 Å². The number of ether oxygens (including phenoxy) is 2. The third-order valence-corrected chi connectivity index (χ3v) is 5.85. The number of nitrogens with zero attached hydrogens (tertiary/aromatic N) is 2. The second kappa shape index (κ2) is 9.50. The van der Waals surface area contributed by atoms with Gasteiger partial charge in [0.05, 0.1) is 31.9 Å².